The summed E-state index contributed by atoms with van der Waals surface area (Å²) in [6, 6.07) is 0. The van der Waals surface area contributed by atoms with Gasteiger partial charge < -0.3 is 15.3 Å². The van der Waals surface area contributed by atoms with Crippen molar-refractivity contribution >= 4 is 17.5 Å². The number of aromatic nitrogens is 2. The van der Waals surface area contributed by atoms with Gasteiger partial charge in [-0.25, -0.2) is 4.98 Å². The predicted octanol–water partition coefficient (Wildman–Crippen LogP) is 1.48. The van der Waals surface area contributed by atoms with Crippen LogP contribution in [0.5, 0.6) is 0 Å². The second-order valence-corrected chi connectivity index (χ2v) is 5.21. The van der Waals surface area contributed by atoms with Crippen molar-refractivity contribution < 1.29 is 10.0 Å². The molecule has 0 unspecified atom stereocenters. The molecule has 0 radical (unpaired) electrons. The summed E-state index contributed by atoms with van der Waals surface area (Å²) < 4.78 is 0. The molecule has 1 saturated heterocycles. The third-order valence-corrected chi connectivity index (χ3v) is 3.52. The maximum Gasteiger partial charge on any atom is 0.332 e. The Labute approximate surface area is 123 Å². The summed E-state index contributed by atoms with van der Waals surface area (Å²) >= 11 is 0. The van der Waals surface area contributed by atoms with Crippen LogP contribution in [0.15, 0.2) is 0 Å². The van der Waals surface area contributed by atoms with Gasteiger partial charge in [0.1, 0.15) is 5.69 Å². The highest BCUT2D eigenvalue weighted by Crippen LogP contribution is 2.31. The van der Waals surface area contributed by atoms with Crippen LogP contribution in [-0.4, -0.2) is 45.7 Å². The minimum Gasteiger partial charge on any atom is -0.393 e. The number of hydrogen-bond acceptors (Lipinski definition) is 7. The molecule has 2 N–H and O–H groups in total. The molecular formula is C13H21N5O3. The number of nitrogens with one attached hydrogen (secondary N) is 1. The van der Waals surface area contributed by atoms with E-state index in [-0.39, 0.29) is 11.8 Å². The molecule has 8 nitrogen and oxygen atoms in total. The summed E-state index contributed by atoms with van der Waals surface area (Å²) in [4.78, 5) is 21.2. The van der Waals surface area contributed by atoms with Gasteiger partial charge in [-0.15, -0.1) is 0 Å². The van der Waals surface area contributed by atoms with Crippen molar-refractivity contribution in [2.45, 2.75) is 39.2 Å². The fourth-order valence-corrected chi connectivity index (χ4v) is 2.38. The number of aliphatic hydroxyl groups is 1. The smallest absolute Gasteiger partial charge is 0.332 e. The van der Waals surface area contributed by atoms with Crippen molar-refractivity contribution in [3.05, 3.63) is 15.8 Å². The van der Waals surface area contributed by atoms with Gasteiger partial charge in [0.15, 0.2) is 0 Å². The van der Waals surface area contributed by atoms with Crippen LogP contribution in [0.25, 0.3) is 0 Å². The summed E-state index contributed by atoms with van der Waals surface area (Å²) in [5, 5.41) is 23.9. The van der Waals surface area contributed by atoms with E-state index in [0.717, 1.165) is 13.0 Å². The molecule has 0 atom stereocenters. The molecule has 2 heterocycles. The van der Waals surface area contributed by atoms with Crippen LogP contribution in [0.4, 0.5) is 17.5 Å². The Morgan fingerprint density at radius 3 is 2.67 bits per heavy atom. The van der Waals surface area contributed by atoms with E-state index >= 15 is 0 Å². The molecule has 2 rings (SSSR count). The van der Waals surface area contributed by atoms with E-state index in [1.807, 2.05) is 11.8 Å². The first kappa shape index (κ1) is 15.4. The number of nitrogens with zero attached hydrogens (tertiary/aromatic N) is 4. The molecule has 1 fully saturated rings. The number of nitro groups is 1. The van der Waals surface area contributed by atoms with Gasteiger partial charge in [0.05, 0.1) is 11.0 Å². The molecule has 8 heteroatoms. The molecular weight excluding hydrogens is 274 g/mol. The Morgan fingerprint density at radius 2 is 2.10 bits per heavy atom. The average Bonchev–Trinajstić information content (AvgIpc) is 2.44. The summed E-state index contributed by atoms with van der Waals surface area (Å²) in [7, 11) is 0. The molecule has 0 saturated carbocycles. The van der Waals surface area contributed by atoms with Crippen LogP contribution in [-0.2, 0) is 0 Å². The number of aryl methyl sites for hydroxylation is 1. The lowest BCUT2D eigenvalue weighted by Crippen LogP contribution is -2.37. The molecule has 116 valence electrons. The normalized spacial score (nSPS) is 16.0. The van der Waals surface area contributed by atoms with Crippen LogP contribution in [0.3, 0.4) is 0 Å². The second-order valence-electron chi connectivity index (χ2n) is 5.21. The summed E-state index contributed by atoms with van der Waals surface area (Å²) in [5.41, 5.74) is 0.308. The lowest BCUT2D eigenvalue weighted by molar-refractivity contribution is -0.385. The lowest BCUT2D eigenvalue weighted by atomic mass is 10.1. The molecule has 0 aliphatic carbocycles. The molecule has 1 aromatic heterocycles. The maximum atomic E-state index is 11.3. The van der Waals surface area contributed by atoms with E-state index in [4.69, 9.17) is 0 Å². The van der Waals surface area contributed by atoms with Crippen molar-refractivity contribution in [1.82, 2.24) is 9.97 Å². The molecule has 0 amide bonds. The van der Waals surface area contributed by atoms with Crippen LogP contribution >= 0.6 is 0 Å². The van der Waals surface area contributed by atoms with Gasteiger partial charge in [0.25, 0.3) is 0 Å². The number of rotatable bonds is 5. The third-order valence-electron chi connectivity index (χ3n) is 3.52. The number of piperidine rings is 1. The quantitative estimate of drug-likeness (QED) is 0.626. The summed E-state index contributed by atoms with van der Waals surface area (Å²) in [5.74, 6) is 0.763. The van der Waals surface area contributed by atoms with E-state index in [1.165, 1.54) is 0 Å². The van der Waals surface area contributed by atoms with E-state index in [2.05, 4.69) is 15.3 Å². The maximum absolute atomic E-state index is 11.3. The van der Waals surface area contributed by atoms with Crippen LogP contribution in [0, 0.1) is 17.0 Å². The minimum absolute atomic E-state index is 0.0477. The molecule has 0 bridgehead atoms. The first-order chi connectivity index (χ1) is 10.0. The largest absolute Gasteiger partial charge is 0.393 e. The first-order valence-corrected chi connectivity index (χ1v) is 7.22. The SMILES string of the molecule is CCCNc1nc(C)c([N+](=O)[O-])c(N2CCC(O)CC2)n1. The first-order valence-electron chi connectivity index (χ1n) is 7.22. The summed E-state index contributed by atoms with van der Waals surface area (Å²) in [6.07, 6.45) is 1.78. The van der Waals surface area contributed by atoms with Crippen molar-refractivity contribution in [2.24, 2.45) is 0 Å². The number of anilines is 2. The van der Waals surface area contributed by atoms with Gasteiger partial charge in [0.2, 0.25) is 11.8 Å². The zero-order valence-electron chi connectivity index (χ0n) is 12.4. The molecule has 21 heavy (non-hydrogen) atoms. The Kier molecular flexibility index (Phi) is 4.89. The van der Waals surface area contributed by atoms with E-state index in [1.54, 1.807) is 6.92 Å². The predicted molar refractivity (Wildman–Crippen MR) is 79.7 cm³/mol. The zero-order valence-corrected chi connectivity index (χ0v) is 12.4. The van der Waals surface area contributed by atoms with Gasteiger partial charge in [-0.2, -0.15) is 4.98 Å². The van der Waals surface area contributed by atoms with Crippen molar-refractivity contribution in [1.29, 1.82) is 0 Å². The van der Waals surface area contributed by atoms with E-state index in [0.29, 0.717) is 43.4 Å². The zero-order chi connectivity index (χ0) is 15.4. The average molecular weight is 295 g/mol. The van der Waals surface area contributed by atoms with Crippen LogP contribution in [0.1, 0.15) is 31.9 Å². The standard InChI is InChI=1S/C13H21N5O3/c1-3-6-14-13-15-9(2)11(18(20)21)12(16-13)17-7-4-10(19)5-8-17/h10,19H,3-8H2,1-2H3,(H,14,15,16). The lowest BCUT2D eigenvalue weighted by Gasteiger charge is -2.30. The van der Waals surface area contributed by atoms with Gasteiger partial charge in [-0.1, -0.05) is 6.92 Å². The Morgan fingerprint density at radius 1 is 1.43 bits per heavy atom. The molecule has 1 aliphatic heterocycles. The molecule has 1 aromatic rings. The Bertz CT molecular complexity index is 515. The van der Waals surface area contributed by atoms with Crippen molar-refractivity contribution in [2.75, 3.05) is 29.9 Å². The van der Waals surface area contributed by atoms with Crippen LogP contribution in [0.2, 0.25) is 0 Å². The van der Waals surface area contributed by atoms with Gasteiger partial charge in [-0.05, 0) is 26.2 Å². The summed E-state index contributed by atoms with van der Waals surface area (Å²) in [6.45, 7) is 5.49. The van der Waals surface area contributed by atoms with Crippen molar-refractivity contribution in [3.63, 3.8) is 0 Å². The number of hydrogen-bond donors (Lipinski definition) is 2. The van der Waals surface area contributed by atoms with Gasteiger partial charge >= 0.3 is 5.69 Å². The molecule has 0 aromatic carbocycles. The fourth-order valence-electron chi connectivity index (χ4n) is 2.38. The van der Waals surface area contributed by atoms with Crippen molar-refractivity contribution in [3.8, 4) is 0 Å². The highest BCUT2D eigenvalue weighted by Gasteiger charge is 2.28. The minimum atomic E-state index is -0.431. The number of aliphatic hydroxyl groups excluding tert-OH is 1. The van der Waals surface area contributed by atoms with E-state index in [9.17, 15) is 15.2 Å². The second kappa shape index (κ2) is 6.66. The Balaban J connectivity index is 2.35. The fraction of sp³-hybridized carbons (Fsp3) is 0.692. The third kappa shape index (κ3) is 3.57. The molecule has 0 spiro atoms. The van der Waals surface area contributed by atoms with Gasteiger partial charge in [-0.3, -0.25) is 10.1 Å². The molecule has 1 aliphatic rings. The monoisotopic (exact) mass is 295 g/mol. The van der Waals surface area contributed by atoms with Crippen LogP contribution < -0.4 is 10.2 Å². The van der Waals surface area contributed by atoms with E-state index < -0.39 is 4.92 Å². The highest BCUT2D eigenvalue weighted by molar-refractivity contribution is 5.62. The topological polar surface area (TPSA) is 104 Å². The van der Waals surface area contributed by atoms with Gasteiger partial charge in [0, 0.05) is 19.6 Å². The highest BCUT2D eigenvalue weighted by atomic mass is 16.6. The Hall–Kier alpha value is -1.96.